The van der Waals surface area contributed by atoms with E-state index in [1.807, 2.05) is 0 Å². The zero-order chi connectivity index (χ0) is 43.0. The van der Waals surface area contributed by atoms with Gasteiger partial charge >= 0.3 is 0 Å². The maximum Gasteiger partial charge on any atom is 0.220 e. The maximum atomic E-state index is 13.1. The fourth-order valence-electron chi connectivity index (χ4n) is 8.94. The first-order valence-corrected chi connectivity index (χ1v) is 26.1. The smallest absolute Gasteiger partial charge is 0.220 e. The first-order chi connectivity index (χ1) is 28.8. The molecule has 0 radical (unpaired) electrons. The Morgan fingerprint density at radius 1 is 0.508 bits per heavy atom. The molecule has 0 aromatic rings. The first-order valence-electron chi connectivity index (χ1n) is 26.1. The van der Waals surface area contributed by atoms with Gasteiger partial charge in [-0.3, -0.25) is 4.79 Å². The second-order valence-corrected chi connectivity index (χ2v) is 18.8. The third-order valence-electron chi connectivity index (χ3n) is 13.1. The first kappa shape index (κ1) is 56.2. The van der Waals surface area contributed by atoms with Crippen molar-refractivity contribution in [1.82, 2.24) is 5.32 Å². The number of rotatable bonds is 43. The Morgan fingerprint density at radius 2 is 0.864 bits per heavy atom. The van der Waals surface area contributed by atoms with Crippen LogP contribution in [0.4, 0.5) is 0 Å². The number of ether oxygens (including phenoxy) is 1. The highest BCUT2D eigenvalue weighted by molar-refractivity contribution is 5.76. The Hall–Kier alpha value is -0.770. The van der Waals surface area contributed by atoms with Gasteiger partial charge in [0, 0.05) is 6.42 Å². The van der Waals surface area contributed by atoms with E-state index >= 15 is 0 Å². The number of carbonyl (C=O) groups excluding carboxylic acids is 1. The predicted molar refractivity (Wildman–Crippen MR) is 248 cm³/mol. The molecule has 1 amide bonds. The van der Waals surface area contributed by atoms with Crippen LogP contribution in [0.15, 0.2) is 0 Å². The fraction of sp³-hybridized carbons (Fsp3) is 0.980. The molecule has 1 aliphatic carbocycles. The lowest BCUT2D eigenvalue weighted by Gasteiger charge is -2.31. The number of aliphatic hydroxyl groups is 5. The molecule has 0 aliphatic heterocycles. The topological polar surface area (TPSA) is 139 Å². The van der Waals surface area contributed by atoms with Crippen LogP contribution in [0.1, 0.15) is 271 Å². The van der Waals surface area contributed by atoms with Gasteiger partial charge < -0.3 is 35.6 Å². The van der Waals surface area contributed by atoms with Crippen LogP contribution in [0, 0.1) is 0 Å². The lowest BCUT2D eigenvalue weighted by atomic mass is 9.98. The van der Waals surface area contributed by atoms with Gasteiger partial charge in [0.15, 0.2) is 0 Å². The highest BCUT2D eigenvalue weighted by Gasteiger charge is 2.36. The molecule has 8 heteroatoms. The molecule has 7 atom stereocenters. The quantitative estimate of drug-likeness (QED) is 0.0265. The van der Waals surface area contributed by atoms with Crippen LogP contribution < -0.4 is 5.32 Å². The van der Waals surface area contributed by atoms with E-state index in [1.54, 1.807) is 0 Å². The standard InChI is InChI=1S/C51H101NO7/c1-3-5-7-9-11-13-15-17-18-19-20-21-22-23-24-25-26-27-29-31-33-35-37-42-48(55)52-44(43-59-47-41-38-40-46(54)50(57)51(47)58)49(56)45(53)39-36-34-32-30-28-16-14-12-10-8-6-4-2/h44-47,49-51,53-54,56-58H,3-43H2,1-2H3,(H,52,55)/t44-,45+,46-,47-,49-,50-,51?/m0/s1. The molecule has 0 heterocycles. The van der Waals surface area contributed by atoms with E-state index < -0.39 is 42.7 Å². The summed E-state index contributed by atoms with van der Waals surface area (Å²) in [7, 11) is 0. The number of hydrogen-bond acceptors (Lipinski definition) is 7. The van der Waals surface area contributed by atoms with Crippen LogP contribution in [0.25, 0.3) is 0 Å². The summed E-state index contributed by atoms with van der Waals surface area (Å²) in [5.74, 6) is -0.171. The molecule has 8 nitrogen and oxygen atoms in total. The van der Waals surface area contributed by atoms with Crippen molar-refractivity contribution in [1.29, 1.82) is 0 Å². The van der Waals surface area contributed by atoms with Crippen molar-refractivity contribution in [3.05, 3.63) is 0 Å². The van der Waals surface area contributed by atoms with Gasteiger partial charge in [-0.2, -0.15) is 0 Å². The van der Waals surface area contributed by atoms with E-state index in [0.29, 0.717) is 32.1 Å². The van der Waals surface area contributed by atoms with Gasteiger partial charge in [-0.1, -0.05) is 232 Å². The summed E-state index contributed by atoms with van der Waals surface area (Å²) in [6.45, 7) is 4.45. The van der Waals surface area contributed by atoms with E-state index in [-0.39, 0.29) is 12.5 Å². The van der Waals surface area contributed by atoms with Gasteiger partial charge in [0.2, 0.25) is 5.91 Å². The van der Waals surface area contributed by atoms with Crippen molar-refractivity contribution in [3.63, 3.8) is 0 Å². The normalized spacial score (nSPS) is 20.1. The average molecular weight is 840 g/mol. The van der Waals surface area contributed by atoms with Crippen molar-refractivity contribution in [2.75, 3.05) is 6.61 Å². The Kier molecular flexibility index (Phi) is 39.3. The second kappa shape index (κ2) is 41.3. The minimum Gasteiger partial charge on any atom is -0.390 e. The number of nitrogens with one attached hydrogen (secondary N) is 1. The lowest BCUT2D eigenvalue weighted by molar-refractivity contribution is -0.132. The van der Waals surface area contributed by atoms with E-state index in [1.165, 1.54) is 186 Å². The zero-order valence-electron chi connectivity index (χ0n) is 39.1. The van der Waals surface area contributed by atoms with Gasteiger partial charge in [0.1, 0.15) is 18.3 Å². The van der Waals surface area contributed by atoms with Crippen molar-refractivity contribution < 1.29 is 35.1 Å². The van der Waals surface area contributed by atoms with E-state index in [0.717, 1.165) is 38.5 Å². The van der Waals surface area contributed by atoms with Gasteiger partial charge in [0.25, 0.3) is 0 Å². The van der Waals surface area contributed by atoms with Crippen LogP contribution in [-0.2, 0) is 9.53 Å². The number of aliphatic hydroxyl groups excluding tert-OH is 5. The summed E-state index contributed by atoms with van der Waals surface area (Å²) in [5, 5.41) is 56.1. The number of unbranched alkanes of at least 4 members (excludes halogenated alkanes) is 33. The summed E-state index contributed by atoms with van der Waals surface area (Å²) < 4.78 is 5.99. The van der Waals surface area contributed by atoms with Crippen LogP contribution in [-0.4, -0.2) is 80.7 Å². The van der Waals surface area contributed by atoms with Crippen molar-refractivity contribution in [2.24, 2.45) is 0 Å². The zero-order valence-corrected chi connectivity index (χ0v) is 39.1. The Bertz CT molecular complexity index is 892. The summed E-state index contributed by atoms with van der Waals surface area (Å²) >= 11 is 0. The van der Waals surface area contributed by atoms with Crippen LogP contribution in [0.5, 0.6) is 0 Å². The minimum absolute atomic E-state index is 0.0909. The summed E-state index contributed by atoms with van der Waals surface area (Å²) in [4.78, 5) is 13.1. The van der Waals surface area contributed by atoms with E-state index in [2.05, 4.69) is 19.2 Å². The van der Waals surface area contributed by atoms with Gasteiger partial charge in [-0.25, -0.2) is 0 Å². The molecule has 6 N–H and O–H groups in total. The van der Waals surface area contributed by atoms with Crippen molar-refractivity contribution in [3.8, 4) is 0 Å². The molecule has 1 fully saturated rings. The Labute approximate surface area is 365 Å². The number of amides is 1. The molecule has 0 spiro atoms. The number of carbonyl (C=O) groups is 1. The molecule has 0 aromatic carbocycles. The summed E-state index contributed by atoms with van der Waals surface area (Å²) in [5.41, 5.74) is 0. The summed E-state index contributed by atoms with van der Waals surface area (Å²) in [6.07, 6.45) is 40.9. The molecule has 1 rings (SSSR count). The predicted octanol–water partition coefficient (Wildman–Crippen LogP) is 12.3. The van der Waals surface area contributed by atoms with E-state index in [4.69, 9.17) is 4.74 Å². The van der Waals surface area contributed by atoms with Gasteiger partial charge in [0.05, 0.1) is 31.0 Å². The largest absolute Gasteiger partial charge is 0.390 e. The molecule has 0 bridgehead atoms. The third kappa shape index (κ3) is 32.6. The average Bonchev–Trinajstić information content (AvgIpc) is 3.35. The van der Waals surface area contributed by atoms with Gasteiger partial charge in [-0.15, -0.1) is 0 Å². The second-order valence-electron chi connectivity index (χ2n) is 18.8. The van der Waals surface area contributed by atoms with Crippen molar-refractivity contribution in [2.45, 2.75) is 313 Å². The Balaban J connectivity index is 2.23. The molecule has 59 heavy (non-hydrogen) atoms. The highest BCUT2D eigenvalue weighted by Crippen LogP contribution is 2.23. The van der Waals surface area contributed by atoms with Crippen LogP contribution >= 0.6 is 0 Å². The maximum absolute atomic E-state index is 13.1. The molecule has 1 aliphatic rings. The lowest BCUT2D eigenvalue weighted by Crippen LogP contribution is -2.52. The Morgan fingerprint density at radius 3 is 1.25 bits per heavy atom. The molecule has 0 saturated heterocycles. The molecule has 0 aromatic heterocycles. The summed E-state index contributed by atoms with van der Waals surface area (Å²) in [6, 6.07) is -0.836. The van der Waals surface area contributed by atoms with Gasteiger partial charge in [-0.05, 0) is 32.1 Å². The highest BCUT2D eigenvalue weighted by atomic mass is 16.5. The SMILES string of the molecule is CCCCCCCCCCCCCCCCCCCCCCCCCC(=O)N[C@@H](CO[C@H]1CCC[C@H](O)[C@H](O)C1O)[C@H](O)[C@H](O)CCCCCCCCCCCCCC. The third-order valence-corrected chi connectivity index (χ3v) is 13.1. The van der Waals surface area contributed by atoms with Crippen LogP contribution in [0.3, 0.4) is 0 Å². The fourth-order valence-corrected chi connectivity index (χ4v) is 8.94. The molecular formula is C51H101NO7. The van der Waals surface area contributed by atoms with E-state index in [9.17, 15) is 30.3 Å². The molecule has 1 unspecified atom stereocenters. The monoisotopic (exact) mass is 840 g/mol. The molecular weight excluding hydrogens is 739 g/mol. The molecule has 352 valence electrons. The minimum atomic E-state index is -1.31. The number of hydrogen-bond donors (Lipinski definition) is 6. The van der Waals surface area contributed by atoms with Crippen molar-refractivity contribution >= 4 is 5.91 Å². The molecule has 1 saturated carbocycles. The van der Waals surface area contributed by atoms with Crippen LogP contribution in [0.2, 0.25) is 0 Å².